The normalized spacial score (nSPS) is 12.8. The van der Waals surface area contributed by atoms with Crippen LogP contribution in [0.25, 0.3) is 77.5 Å². The summed E-state index contributed by atoms with van der Waals surface area (Å²) in [5.41, 5.74) is 17.7. The van der Waals surface area contributed by atoms with Crippen molar-refractivity contribution in [1.29, 1.82) is 0 Å². The number of ether oxygens (including phenoxy) is 1. The molecule has 314 valence electrons. The van der Waals surface area contributed by atoms with Crippen LogP contribution in [-0.2, 0) is 42.6 Å². The Balaban J connectivity index is 1.21. The quantitative estimate of drug-likeness (QED) is 0.177. The first-order valence-electron chi connectivity index (χ1n) is 21.6. The summed E-state index contributed by atoms with van der Waals surface area (Å²) >= 11 is 2.55. The summed E-state index contributed by atoms with van der Waals surface area (Å²) in [6.45, 7) is 20.9. The number of aryl methyl sites for hydroxylation is 1. The fraction of sp³-hybridized carbons (Fsp3) is 0.232. The summed E-state index contributed by atoms with van der Waals surface area (Å²) in [6, 6.07) is 51.2. The van der Waals surface area contributed by atoms with Gasteiger partial charge in [0.05, 0.1) is 0 Å². The van der Waals surface area contributed by atoms with Crippen molar-refractivity contribution in [1.82, 2.24) is 18.7 Å². The number of aromatic amines is 1. The van der Waals surface area contributed by atoms with E-state index in [1.165, 1.54) is 60.9 Å². The molecule has 0 saturated heterocycles. The van der Waals surface area contributed by atoms with Crippen LogP contribution in [0, 0.1) is 3.80 Å². The molecule has 10 aromatic rings. The zero-order chi connectivity index (χ0) is 43.5. The van der Waals surface area contributed by atoms with Crippen LogP contribution >= 0.6 is 0 Å². The third-order valence-corrected chi connectivity index (χ3v) is 13.7. The van der Waals surface area contributed by atoms with Crippen molar-refractivity contribution < 1.29 is 24.1 Å². The van der Waals surface area contributed by atoms with Crippen LogP contribution in [0.5, 0.6) is 11.5 Å². The average Bonchev–Trinajstić information content (AvgIpc) is 3.86. The first kappa shape index (κ1) is 40.2. The van der Waals surface area contributed by atoms with E-state index in [2.05, 4.69) is 247 Å². The van der Waals surface area contributed by atoms with Crippen molar-refractivity contribution in [3.63, 3.8) is 0 Å². The van der Waals surface area contributed by atoms with E-state index in [0.29, 0.717) is 0 Å². The average molecular weight is 994 g/mol. The Morgan fingerprint density at radius 2 is 1.03 bits per heavy atom. The molecule has 0 spiro atoms. The Kier molecular flexibility index (Phi) is 9.29. The number of nitrogens with one attached hydrogen (secondary N) is 1. The van der Waals surface area contributed by atoms with Crippen LogP contribution in [0.15, 0.2) is 140 Å². The molecular weight excluding hydrogens is 940 g/mol. The van der Waals surface area contributed by atoms with E-state index in [1.54, 1.807) is 0 Å². The standard InChI is InChI=1S/C56H54N4O.Pt/c1-54(2,3)37-26-36(27-38(28-37)55(4,5)6)44-30-39(56(7,8)9)29-43(35-18-12-11-13-19-35)53(44)60-34-59(47-23-14-15-24-48(47)60)40-20-16-21-41(31-40)61-42-32-46-52-50(33-42)58(10)49-25-17-22-45(57-46)51(49)52;/h11-33,57H,1-10H3;. The van der Waals surface area contributed by atoms with E-state index in [4.69, 9.17) is 4.74 Å². The number of imidazole rings is 1. The summed E-state index contributed by atoms with van der Waals surface area (Å²) in [5.74, 6) is 1.57. The number of rotatable bonds is 6. The molecule has 0 aliphatic rings. The molecule has 3 heterocycles. The van der Waals surface area contributed by atoms with Crippen LogP contribution in [0.1, 0.15) is 79.0 Å². The van der Waals surface area contributed by atoms with Gasteiger partial charge in [0, 0.05) is 0 Å². The van der Waals surface area contributed by atoms with Crippen molar-refractivity contribution >= 4 is 43.9 Å². The van der Waals surface area contributed by atoms with Gasteiger partial charge in [-0.3, -0.25) is 0 Å². The van der Waals surface area contributed by atoms with Gasteiger partial charge in [-0.25, -0.2) is 0 Å². The molecule has 1 N–H and O–H groups in total. The molecule has 0 amide bonds. The van der Waals surface area contributed by atoms with Crippen molar-refractivity contribution in [3.05, 3.63) is 160 Å². The molecule has 0 bridgehead atoms. The molecule has 7 aromatic carbocycles. The monoisotopic (exact) mass is 993 g/mol. The first-order chi connectivity index (χ1) is 29.5. The molecule has 62 heavy (non-hydrogen) atoms. The Bertz CT molecular complexity index is 3380. The van der Waals surface area contributed by atoms with Crippen molar-refractivity contribution in [3.8, 4) is 45.1 Å². The van der Waals surface area contributed by atoms with Crippen LogP contribution in [0.3, 0.4) is 0 Å². The van der Waals surface area contributed by atoms with Crippen molar-refractivity contribution in [2.24, 2.45) is 7.05 Å². The van der Waals surface area contributed by atoms with Crippen LogP contribution in [0.2, 0.25) is 0 Å². The second-order valence-corrected chi connectivity index (χ2v) is 21.1. The number of fused-ring (bicyclic) bond motifs is 1. The molecule has 0 atom stereocenters. The molecule has 0 aliphatic heterocycles. The van der Waals surface area contributed by atoms with Gasteiger partial charge in [-0.1, -0.05) is 6.07 Å². The number of para-hydroxylation sites is 2. The predicted molar refractivity (Wildman–Crippen MR) is 256 cm³/mol. The van der Waals surface area contributed by atoms with Gasteiger partial charge in [0.25, 0.3) is 0 Å². The van der Waals surface area contributed by atoms with E-state index in [-0.39, 0.29) is 16.2 Å². The van der Waals surface area contributed by atoms with Crippen molar-refractivity contribution in [2.45, 2.75) is 78.6 Å². The number of H-pyrrole nitrogens is 1. The van der Waals surface area contributed by atoms with Gasteiger partial charge in [-0.2, -0.15) is 0 Å². The Morgan fingerprint density at radius 1 is 0.468 bits per heavy atom. The van der Waals surface area contributed by atoms with Crippen LogP contribution < -0.4 is 4.74 Å². The summed E-state index contributed by atoms with van der Waals surface area (Å²) in [7, 11) is 2.14. The van der Waals surface area contributed by atoms with Gasteiger partial charge in [0.2, 0.25) is 0 Å². The molecule has 0 fully saturated rings. The first-order valence-corrected chi connectivity index (χ1v) is 22.8. The molecule has 0 unspecified atom stereocenters. The number of hydrogen-bond donors (Lipinski definition) is 1. The van der Waals surface area contributed by atoms with Crippen LogP contribution in [0.4, 0.5) is 0 Å². The zero-order valence-electron chi connectivity index (χ0n) is 37.3. The van der Waals surface area contributed by atoms with Crippen LogP contribution in [-0.4, -0.2) is 18.7 Å². The van der Waals surface area contributed by atoms with Gasteiger partial charge in [-0.05, 0) is 0 Å². The summed E-state index contributed by atoms with van der Waals surface area (Å²) in [4.78, 5) is 3.64. The zero-order valence-corrected chi connectivity index (χ0v) is 39.6. The summed E-state index contributed by atoms with van der Waals surface area (Å²) in [5, 5.41) is 2.53. The second kappa shape index (κ2) is 14.3. The molecule has 0 radical (unpaired) electrons. The number of aromatic nitrogens is 4. The number of benzene rings is 7. The predicted octanol–water partition coefficient (Wildman–Crippen LogP) is 15.1. The van der Waals surface area contributed by atoms with Gasteiger partial charge >= 0.3 is 371 Å². The van der Waals surface area contributed by atoms with E-state index in [0.717, 1.165) is 48.6 Å². The van der Waals surface area contributed by atoms with Gasteiger partial charge in [-0.15, -0.1) is 0 Å². The van der Waals surface area contributed by atoms with Crippen molar-refractivity contribution in [2.75, 3.05) is 0 Å². The molecule has 0 aliphatic carbocycles. The van der Waals surface area contributed by atoms with E-state index >= 15 is 0 Å². The van der Waals surface area contributed by atoms with Gasteiger partial charge in [0.1, 0.15) is 0 Å². The number of nitrogens with zero attached hydrogens (tertiary/aromatic N) is 3. The molecule has 3 aromatic heterocycles. The Hall–Kier alpha value is -5.90. The molecular formula is C56H54N4OPt. The summed E-state index contributed by atoms with van der Waals surface area (Å²) in [6.07, 6.45) is 0. The molecule has 5 nitrogen and oxygen atoms in total. The van der Waals surface area contributed by atoms with E-state index in [9.17, 15) is 0 Å². The Morgan fingerprint density at radius 3 is 1.69 bits per heavy atom. The SMILES string of the molecule is Cn1c2cccc3[nH]c4cc(Oc5cccc(-n6[c](=[Pt])n(-c7c(-c8ccccc8)cc(C(C)(C)C)cc7-c7cc(C(C)(C)C)cc(C(C)(C)C)c7)c7ccccc76)c5)cc1c4c32. The third-order valence-electron chi connectivity index (χ3n) is 12.7. The van der Waals surface area contributed by atoms with Gasteiger partial charge in [0.15, 0.2) is 0 Å². The minimum absolute atomic E-state index is 0.0386. The summed E-state index contributed by atoms with van der Waals surface area (Å²) < 4.78 is 15.0. The maximum atomic E-state index is 6.77. The molecule has 0 saturated carbocycles. The minimum atomic E-state index is -0.0901. The fourth-order valence-corrected chi connectivity index (χ4v) is 10.2. The molecule has 6 heteroatoms. The fourth-order valence-electron chi connectivity index (χ4n) is 9.15. The maximum absolute atomic E-state index is 6.77. The second-order valence-electron chi connectivity index (χ2n) is 20.1. The Labute approximate surface area is 375 Å². The number of hydrogen-bond acceptors (Lipinski definition) is 1. The van der Waals surface area contributed by atoms with Gasteiger partial charge < -0.3 is 0 Å². The molecule has 10 rings (SSSR count). The van der Waals surface area contributed by atoms with E-state index in [1.807, 2.05) is 0 Å². The third kappa shape index (κ3) is 6.68. The topological polar surface area (TPSA) is 39.8 Å². The van der Waals surface area contributed by atoms with E-state index < -0.39 is 0 Å².